The first-order valence-corrected chi connectivity index (χ1v) is 11.2. The summed E-state index contributed by atoms with van der Waals surface area (Å²) in [6.45, 7) is 4.84. The molecule has 1 saturated heterocycles. The Morgan fingerprint density at radius 3 is 2.36 bits per heavy atom. The van der Waals surface area contributed by atoms with E-state index < -0.39 is 10.0 Å². The molecule has 1 aromatic carbocycles. The number of rotatable bonds is 6. The first kappa shape index (κ1) is 20.6. The number of sulfonamides is 1. The molecule has 152 valence electrons. The van der Waals surface area contributed by atoms with Crippen molar-refractivity contribution in [1.29, 1.82) is 0 Å². The van der Waals surface area contributed by atoms with Crippen molar-refractivity contribution in [1.82, 2.24) is 14.2 Å². The van der Waals surface area contributed by atoms with Crippen LogP contribution in [0.4, 0.5) is 0 Å². The average molecular weight is 404 g/mol. The Morgan fingerprint density at radius 2 is 1.82 bits per heavy atom. The van der Waals surface area contributed by atoms with Gasteiger partial charge in [-0.05, 0) is 37.8 Å². The molecule has 1 N–H and O–H groups in total. The second-order valence-corrected chi connectivity index (χ2v) is 9.51. The summed E-state index contributed by atoms with van der Waals surface area (Å²) in [5.74, 6) is -0.133. The van der Waals surface area contributed by atoms with Gasteiger partial charge in [0, 0.05) is 38.4 Å². The molecule has 6 nitrogen and oxygen atoms in total. The molecule has 0 spiro atoms. The molecule has 0 aliphatic carbocycles. The highest BCUT2D eigenvalue weighted by atomic mass is 32.2. The minimum Gasteiger partial charge on any atom is -0.356 e. The predicted octanol–water partition coefficient (Wildman–Crippen LogP) is 3.00. The summed E-state index contributed by atoms with van der Waals surface area (Å²) >= 11 is 0. The highest BCUT2D eigenvalue weighted by Gasteiger charge is 2.33. The maximum Gasteiger partial charge on any atom is 0.244 e. The zero-order valence-corrected chi connectivity index (χ0v) is 17.6. The van der Waals surface area contributed by atoms with Crippen molar-refractivity contribution >= 4 is 15.9 Å². The molecule has 0 bridgehead atoms. The van der Waals surface area contributed by atoms with Gasteiger partial charge in [0.25, 0.3) is 0 Å². The molecule has 1 aliphatic rings. The third-order valence-electron chi connectivity index (χ3n) is 5.47. The molecule has 7 heteroatoms. The van der Waals surface area contributed by atoms with Gasteiger partial charge in [-0.3, -0.25) is 4.79 Å². The van der Waals surface area contributed by atoms with Gasteiger partial charge in [0.1, 0.15) is 0 Å². The molecule has 1 aliphatic heterocycles. The number of hydrogen-bond donors (Lipinski definition) is 1. The predicted molar refractivity (Wildman–Crippen MR) is 109 cm³/mol. The van der Waals surface area contributed by atoms with Crippen molar-refractivity contribution in [3.63, 3.8) is 0 Å². The second-order valence-electron chi connectivity index (χ2n) is 7.57. The first-order valence-electron chi connectivity index (χ1n) is 9.80. The molecule has 0 radical (unpaired) electrons. The lowest BCUT2D eigenvalue weighted by molar-refractivity contribution is -0.126. The van der Waals surface area contributed by atoms with Gasteiger partial charge in [0.15, 0.2) is 0 Å². The van der Waals surface area contributed by atoms with E-state index in [9.17, 15) is 13.2 Å². The van der Waals surface area contributed by atoms with Crippen LogP contribution < -0.4 is 5.32 Å². The quantitative estimate of drug-likeness (QED) is 0.806. The number of carbonyl (C=O) groups is 1. The minimum atomic E-state index is -3.48. The van der Waals surface area contributed by atoms with Crippen LogP contribution in [-0.4, -0.2) is 36.3 Å². The molecule has 3 rings (SSSR count). The molecular weight excluding hydrogens is 374 g/mol. The summed E-state index contributed by atoms with van der Waals surface area (Å²) in [6.07, 6.45) is 5.24. The highest BCUT2D eigenvalue weighted by Crippen LogP contribution is 2.25. The lowest BCUT2D eigenvalue weighted by Gasteiger charge is -2.31. The summed E-state index contributed by atoms with van der Waals surface area (Å²) in [5.41, 5.74) is 2.29. The van der Waals surface area contributed by atoms with Crippen LogP contribution in [0.1, 0.15) is 43.4 Å². The van der Waals surface area contributed by atoms with Gasteiger partial charge in [-0.2, -0.15) is 4.31 Å². The van der Waals surface area contributed by atoms with E-state index >= 15 is 0 Å². The van der Waals surface area contributed by atoms with E-state index in [0.29, 0.717) is 30.8 Å². The zero-order valence-electron chi connectivity index (χ0n) is 16.8. The van der Waals surface area contributed by atoms with Crippen LogP contribution in [0.15, 0.2) is 47.6 Å². The van der Waals surface area contributed by atoms with E-state index in [4.69, 9.17) is 0 Å². The maximum atomic E-state index is 12.8. The van der Waals surface area contributed by atoms with Gasteiger partial charge in [-0.15, -0.1) is 0 Å². The standard InChI is InChI=1S/C21H29N3O3S/c1-4-20(17-7-5-16(2)6-8-17)22-21(25)18-9-13-24(14-10-18)28(26,27)19-11-12-23(3)15-19/h5-8,11-12,15,18,20H,4,9-10,13-14H2,1-3H3,(H,22,25)/t20-/m1/s1. The molecular formula is C21H29N3O3S. The minimum absolute atomic E-state index is 0.0146. The molecule has 0 saturated carbocycles. The van der Waals surface area contributed by atoms with Gasteiger partial charge in [-0.25, -0.2) is 8.42 Å². The summed E-state index contributed by atoms with van der Waals surface area (Å²) < 4.78 is 28.7. The van der Waals surface area contributed by atoms with E-state index in [0.717, 1.165) is 12.0 Å². The Hall–Kier alpha value is -2.12. The molecule has 1 atom stereocenters. The van der Waals surface area contributed by atoms with Crippen LogP contribution in [0, 0.1) is 12.8 Å². The number of nitrogens with one attached hydrogen (secondary N) is 1. The van der Waals surface area contributed by atoms with Crippen molar-refractivity contribution in [2.75, 3.05) is 13.1 Å². The number of carbonyl (C=O) groups excluding carboxylic acids is 1. The van der Waals surface area contributed by atoms with E-state index in [1.165, 1.54) is 9.87 Å². The Kier molecular flexibility index (Phi) is 6.25. The lowest BCUT2D eigenvalue weighted by atomic mass is 9.95. The van der Waals surface area contributed by atoms with Crippen molar-refractivity contribution in [2.24, 2.45) is 13.0 Å². The topological polar surface area (TPSA) is 71.4 Å². The fourth-order valence-electron chi connectivity index (χ4n) is 3.65. The van der Waals surface area contributed by atoms with Crippen molar-refractivity contribution in [2.45, 2.75) is 44.0 Å². The second kappa shape index (κ2) is 8.49. The monoisotopic (exact) mass is 403 g/mol. The Morgan fingerprint density at radius 1 is 1.18 bits per heavy atom. The third-order valence-corrected chi connectivity index (χ3v) is 7.35. The molecule has 1 fully saturated rings. The van der Waals surface area contributed by atoms with E-state index in [-0.39, 0.29) is 17.9 Å². The zero-order chi connectivity index (χ0) is 20.3. The van der Waals surface area contributed by atoms with E-state index in [1.54, 1.807) is 30.1 Å². The fourth-order valence-corrected chi connectivity index (χ4v) is 5.17. The average Bonchev–Trinajstić information content (AvgIpc) is 3.14. The molecule has 2 aromatic rings. The number of aromatic nitrogens is 1. The van der Waals surface area contributed by atoms with Crippen molar-refractivity contribution in [3.8, 4) is 0 Å². The largest absolute Gasteiger partial charge is 0.356 e. The molecule has 1 amide bonds. The molecule has 2 heterocycles. The maximum absolute atomic E-state index is 12.8. The normalized spacial score (nSPS) is 17.4. The number of amides is 1. The summed E-state index contributed by atoms with van der Waals surface area (Å²) in [6, 6.07) is 9.81. The lowest BCUT2D eigenvalue weighted by Crippen LogP contribution is -2.43. The Labute approximate surface area is 167 Å². The van der Waals surface area contributed by atoms with E-state index in [1.807, 2.05) is 6.92 Å². The number of aryl methyl sites for hydroxylation is 2. The van der Waals surface area contributed by atoms with E-state index in [2.05, 4.69) is 36.5 Å². The van der Waals surface area contributed by atoms with Crippen LogP contribution in [0.25, 0.3) is 0 Å². The van der Waals surface area contributed by atoms with Crippen LogP contribution in [0.2, 0.25) is 0 Å². The number of hydrogen-bond acceptors (Lipinski definition) is 3. The van der Waals surface area contributed by atoms with Gasteiger partial charge >= 0.3 is 0 Å². The summed E-state index contributed by atoms with van der Waals surface area (Å²) in [4.78, 5) is 13.1. The number of nitrogens with zero attached hydrogens (tertiary/aromatic N) is 2. The Balaban J connectivity index is 1.59. The summed E-state index contributed by atoms with van der Waals surface area (Å²) in [5, 5.41) is 3.15. The Bertz CT molecular complexity index is 911. The summed E-state index contributed by atoms with van der Waals surface area (Å²) in [7, 11) is -1.68. The van der Waals surface area contributed by atoms with Crippen LogP contribution >= 0.6 is 0 Å². The number of piperidine rings is 1. The van der Waals surface area contributed by atoms with Crippen LogP contribution in [0.3, 0.4) is 0 Å². The molecule has 1 aromatic heterocycles. The van der Waals surface area contributed by atoms with Gasteiger partial charge < -0.3 is 9.88 Å². The SMILES string of the molecule is CC[C@@H](NC(=O)C1CCN(S(=O)(=O)c2ccn(C)c2)CC1)c1ccc(C)cc1. The van der Waals surface area contributed by atoms with Crippen LogP contribution in [0.5, 0.6) is 0 Å². The van der Waals surface area contributed by atoms with Crippen molar-refractivity contribution in [3.05, 3.63) is 53.9 Å². The van der Waals surface area contributed by atoms with Crippen LogP contribution in [-0.2, 0) is 21.9 Å². The van der Waals surface area contributed by atoms with Gasteiger partial charge in [0.05, 0.1) is 10.9 Å². The van der Waals surface area contributed by atoms with Gasteiger partial charge in [-0.1, -0.05) is 36.8 Å². The third kappa shape index (κ3) is 4.47. The first-order chi connectivity index (χ1) is 13.3. The number of benzene rings is 1. The van der Waals surface area contributed by atoms with Gasteiger partial charge in [0.2, 0.25) is 15.9 Å². The molecule has 28 heavy (non-hydrogen) atoms. The molecule has 0 unspecified atom stereocenters. The fraction of sp³-hybridized carbons (Fsp3) is 0.476. The smallest absolute Gasteiger partial charge is 0.244 e. The highest BCUT2D eigenvalue weighted by molar-refractivity contribution is 7.89. The van der Waals surface area contributed by atoms with Crippen molar-refractivity contribution < 1.29 is 13.2 Å².